The molecule has 0 saturated carbocycles. The summed E-state index contributed by atoms with van der Waals surface area (Å²) in [4.78, 5) is 18.9. The van der Waals surface area contributed by atoms with Crippen LogP contribution in [0.3, 0.4) is 0 Å². The molecule has 1 amide bonds. The maximum Gasteiger partial charge on any atom is 0.255 e. The predicted molar refractivity (Wildman–Crippen MR) is 91.3 cm³/mol. The van der Waals surface area contributed by atoms with Crippen LogP contribution in [0.5, 0.6) is 0 Å². The Bertz CT molecular complexity index is 812. The lowest BCUT2D eigenvalue weighted by atomic mass is 10.0. The van der Waals surface area contributed by atoms with Crippen molar-refractivity contribution in [1.29, 1.82) is 0 Å². The van der Waals surface area contributed by atoms with Gasteiger partial charge in [-0.25, -0.2) is 4.98 Å². The summed E-state index contributed by atoms with van der Waals surface area (Å²) in [5.41, 5.74) is 4.46. The van der Waals surface area contributed by atoms with Gasteiger partial charge in [0.05, 0.1) is 11.3 Å². The van der Waals surface area contributed by atoms with Crippen LogP contribution < -0.4 is 0 Å². The Morgan fingerprint density at radius 2 is 2.00 bits per heavy atom. The Morgan fingerprint density at radius 3 is 2.74 bits per heavy atom. The molecule has 1 aromatic carbocycles. The van der Waals surface area contributed by atoms with E-state index < -0.39 is 0 Å². The molecule has 0 radical (unpaired) electrons. The van der Waals surface area contributed by atoms with Gasteiger partial charge < -0.3 is 4.90 Å². The number of amides is 1. The van der Waals surface area contributed by atoms with E-state index in [-0.39, 0.29) is 11.9 Å². The Balaban J connectivity index is 1.87. The molecule has 1 aromatic heterocycles. The van der Waals surface area contributed by atoms with Crippen molar-refractivity contribution in [3.05, 3.63) is 64.5 Å². The molecule has 2 heterocycles. The van der Waals surface area contributed by atoms with E-state index in [9.17, 15) is 4.79 Å². The summed E-state index contributed by atoms with van der Waals surface area (Å²) in [6.45, 7) is 6.86. The van der Waals surface area contributed by atoms with Gasteiger partial charge in [-0.1, -0.05) is 18.1 Å². The molecule has 0 fully saturated rings. The average molecular weight is 304 g/mol. The number of hydrogen-bond acceptors (Lipinski definition) is 2. The summed E-state index contributed by atoms with van der Waals surface area (Å²) in [6, 6.07) is 12.0. The Hall–Kier alpha value is -2.60. The summed E-state index contributed by atoms with van der Waals surface area (Å²) in [6.07, 6.45) is 0.791. The number of hydrogen-bond donors (Lipinski definition) is 0. The summed E-state index contributed by atoms with van der Waals surface area (Å²) in [7, 11) is 0. The molecule has 116 valence electrons. The van der Waals surface area contributed by atoms with E-state index in [2.05, 4.69) is 35.9 Å². The molecule has 0 atom stereocenters. The molecule has 1 aliphatic heterocycles. The lowest BCUT2D eigenvalue weighted by Crippen LogP contribution is -2.42. The van der Waals surface area contributed by atoms with Gasteiger partial charge in [-0.3, -0.25) is 4.79 Å². The van der Waals surface area contributed by atoms with Gasteiger partial charge in [0.1, 0.15) is 5.69 Å². The molecular formula is C20H20N2O. The third kappa shape index (κ3) is 3.27. The fraction of sp³-hybridized carbons (Fsp3) is 0.300. The van der Waals surface area contributed by atoms with E-state index in [1.165, 1.54) is 5.56 Å². The van der Waals surface area contributed by atoms with Gasteiger partial charge in [-0.2, -0.15) is 0 Å². The third-order valence-corrected chi connectivity index (χ3v) is 4.03. The number of rotatable bonds is 1. The molecule has 0 spiro atoms. The minimum absolute atomic E-state index is 0.0759. The minimum atomic E-state index is 0.0759. The maximum absolute atomic E-state index is 12.4. The third-order valence-electron chi connectivity index (χ3n) is 4.03. The van der Waals surface area contributed by atoms with Crippen LogP contribution in [0.1, 0.15) is 46.7 Å². The van der Waals surface area contributed by atoms with Crippen LogP contribution in [0.25, 0.3) is 0 Å². The topological polar surface area (TPSA) is 33.2 Å². The highest BCUT2D eigenvalue weighted by Gasteiger charge is 2.26. The first-order valence-corrected chi connectivity index (χ1v) is 7.94. The fourth-order valence-corrected chi connectivity index (χ4v) is 2.79. The standard InChI is InChI=1S/C20H20N2O/c1-14(2)22-12-11-19-18(20(22)23)10-9-17(21-19)8-7-16-6-4-5-15(3)13-16/h4-6,9-10,13-14H,11-12H2,1-3H3. The van der Waals surface area contributed by atoms with Crippen molar-refractivity contribution in [3.63, 3.8) is 0 Å². The summed E-state index contributed by atoms with van der Waals surface area (Å²) < 4.78 is 0. The van der Waals surface area contributed by atoms with E-state index in [4.69, 9.17) is 0 Å². The van der Waals surface area contributed by atoms with E-state index in [1.54, 1.807) is 0 Å². The monoisotopic (exact) mass is 304 g/mol. The SMILES string of the molecule is Cc1cccc(C#Cc2ccc3c(n2)CCN(C(C)C)C3=O)c1. The molecule has 2 aromatic rings. The van der Waals surface area contributed by atoms with Gasteiger partial charge in [0.25, 0.3) is 5.91 Å². The number of fused-ring (bicyclic) bond motifs is 1. The van der Waals surface area contributed by atoms with Crippen LogP contribution in [0.2, 0.25) is 0 Å². The Morgan fingerprint density at radius 1 is 1.17 bits per heavy atom. The predicted octanol–water partition coefficient (Wildman–Crippen LogP) is 3.20. The zero-order valence-corrected chi connectivity index (χ0v) is 13.8. The Labute approximate surface area is 137 Å². The van der Waals surface area contributed by atoms with Crippen molar-refractivity contribution in [2.24, 2.45) is 0 Å². The molecule has 3 heteroatoms. The minimum Gasteiger partial charge on any atom is -0.336 e. The summed E-state index contributed by atoms with van der Waals surface area (Å²) in [5, 5.41) is 0. The Kier molecular flexibility index (Phi) is 4.16. The molecule has 3 nitrogen and oxygen atoms in total. The van der Waals surface area contributed by atoms with Crippen molar-refractivity contribution >= 4 is 5.91 Å². The molecule has 3 rings (SSSR count). The van der Waals surface area contributed by atoms with Crippen LogP contribution in [0.15, 0.2) is 36.4 Å². The summed E-state index contributed by atoms with van der Waals surface area (Å²) in [5.74, 6) is 6.32. The molecule has 0 aliphatic carbocycles. The number of benzene rings is 1. The molecule has 23 heavy (non-hydrogen) atoms. The quantitative estimate of drug-likeness (QED) is 0.758. The zero-order chi connectivity index (χ0) is 16.4. The zero-order valence-electron chi connectivity index (χ0n) is 13.8. The second-order valence-corrected chi connectivity index (χ2v) is 6.15. The molecule has 0 saturated heterocycles. The van der Waals surface area contributed by atoms with Crippen molar-refractivity contribution in [2.75, 3.05) is 6.54 Å². The first-order valence-electron chi connectivity index (χ1n) is 7.94. The molecule has 0 bridgehead atoms. The number of carbonyl (C=O) groups is 1. The lowest BCUT2D eigenvalue weighted by Gasteiger charge is -2.31. The highest BCUT2D eigenvalue weighted by atomic mass is 16.2. The van der Waals surface area contributed by atoms with Crippen LogP contribution in [0, 0.1) is 18.8 Å². The van der Waals surface area contributed by atoms with E-state index in [0.717, 1.165) is 29.9 Å². The van der Waals surface area contributed by atoms with Crippen molar-refractivity contribution < 1.29 is 4.79 Å². The van der Waals surface area contributed by atoms with Gasteiger partial charge in [0, 0.05) is 24.6 Å². The molecule has 0 N–H and O–H groups in total. The number of nitrogens with zero attached hydrogens (tertiary/aromatic N) is 2. The van der Waals surface area contributed by atoms with Crippen molar-refractivity contribution in [1.82, 2.24) is 9.88 Å². The van der Waals surface area contributed by atoms with Crippen LogP contribution in [-0.2, 0) is 6.42 Å². The lowest BCUT2D eigenvalue weighted by molar-refractivity contribution is 0.0686. The van der Waals surface area contributed by atoms with Gasteiger partial charge in [0.15, 0.2) is 0 Å². The summed E-state index contributed by atoms with van der Waals surface area (Å²) >= 11 is 0. The fourth-order valence-electron chi connectivity index (χ4n) is 2.79. The first-order chi connectivity index (χ1) is 11.0. The first kappa shape index (κ1) is 15.3. The smallest absolute Gasteiger partial charge is 0.255 e. The number of aromatic nitrogens is 1. The number of aryl methyl sites for hydroxylation is 1. The highest BCUT2D eigenvalue weighted by molar-refractivity contribution is 5.96. The van der Waals surface area contributed by atoms with E-state index >= 15 is 0 Å². The normalized spacial score (nSPS) is 13.6. The largest absolute Gasteiger partial charge is 0.336 e. The highest BCUT2D eigenvalue weighted by Crippen LogP contribution is 2.19. The number of pyridine rings is 1. The van der Waals surface area contributed by atoms with E-state index in [0.29, 0.717) is 5.56 Å². The van der Waals surface area contributed by atoms with E-state index in [1.807, 2.05) is 43.0 Å². The van der Waals surface area contributed by atoms with Crippen LogP contribution >= 0.6 is 0 Å². The average Bonchev–Trinajstić information content (AvgIpc) is 2.53. The van der Waals surface area contributed by atoms with Crippen LogP contribution in [0.4, 0.5) is 0 Å². The van der Waals surface area contributed by atoms with Crippen LogP contribution in [-0.4, -0.2) is 28.4 Å². The van der Waals surface area contributed by atoms with Gasteiger partial charge in [0.2, 0.25) is 0 Å². The molecule has 1 aliphatic rings. The second-order valence-electron chi connectivity index (χ2n) is 6.15. The van der Waals surface area contributed by atoms with Crippen molar-refractivity contribution in [2.45, 2.75) is 33.2 Å². The molecule has 0 unspecified atom stereocenters. The second kappa shape index (κ2) is 6.26. The molecular weight excluding hydrogens is 284 g/mol. The maximum atomic E-state index is 12.4. The van der Waals surface area contributed by atoms with Crippen molar-refractivity contribution in [3.8, 4) is 11.8 Å². The van der Waals surface area contributed by atoms with Gasteiger partial charge in [-0.15, -0.1) is 0 Å². The van der Waals surface area contributed by atoms with Gasteiger partial charge >= 0.3 is 0 Å². The number of carbonyl (C=O) groups excluding carboxylic acids is 1. The van der Waals surface area contributed by atoms with Gasteiger partial charge in [-0.05, 0) is 56.5 Å².